The summed E-state index contributed by atoms with van der Waals surface area (Å²) in [5.41, 5.74) is 7.58. The zero-order valence-corrected chi connectivity index (χ0v) is 16.0. The first-order valence-electron chi connectivity index (χ1n) is 9.16. The molecule has 0 spiro atoms. The molecule has 5 aromatic rings. The Morgan fingerprint density at radius 2 is 1.91 bits per heavy atom. The van der Waals surface area contributed by atoms with E-state index in [0.29, 0.717) is 33.7 Å². The van der Waals surface area contributed by atoms with Crippen LogP contribution in [0.15, 0.2) is 47.1 Å². The monoisotopic (exact) mass is 439 g/mol. The third-order valence-corrected chi connectivity index (χ3v) is 4.59. The summed E-state index contributed by atoms with van der Waals surface area (Å²) in [7, 11) is 0. The number of benzene rings is 2. The van der Waals surface area contributed by atoms with Crippen LogP contribution in [0.25, 0.3) is 33.7 Å². The van der Waals surface area contributed by atoms with Crippen molar-refractivity contribution in [2.75, 3.05) is 5.73 Å². The van der Waals surface area contributed by atoms with E-state index < -0.39 is 18.1 Å². The molecule has 2 aromatic carbocycles. The molecule has 0 fully saturated rings. The van der Waals surface area contributed by atoms with Crippen molar-refractivity contribution in [2.24, 2.45) is 0 Å². The number of nitrogens with zero attached hydrogens (tertiary/aromatic N) is 8. The summed E-state index contributed by atoms with van der Waals surface area (Å²) in [6, 6.07) is 9.45. The van der Waals surface area contributed by atoms with E-state index >= 15 is 0 Å². The molecule has 0 saturated heterocycles. The Morgan fingerprint density at radius 1 is 1.03 bits per heavy atom. The average Bonchev–Trinajstić information content (AvgIpc) is 3.44. The van der Waals surface area contributed by atoms with Crippen molar-refractivity contribution >= 4 is 16.7 Å². The highest BCUT2D eigenvalue weighted by Crippen LogP contribution is 2.26. The highest BCUT2D eigenvalue weighted by atomic mass is 19.3. The van der Waals surface area contributed by atoms with E-state index in [1.165, 1.54) is 23.3 Å². The van der Waals surface area contributed by atoms with Gasteiger partial charge in [-0.05, 0) is 35.0 Å². The predicted molar refractivity (Wildman–Crippen MR) is 105 cm³/mol. The van der Waals surface area contributed by atoms with E-state index in [1.807, 2.05) is 0 Å². The molecule has 10 nitrogen and oxygen atoms in total. The molecule has 0 bridgehead atoms. The lowest BCUT2D eigenvalue weighted by atomic mass is 10.1. The third-order valence-electron chi connectivity index (χ3n) is 4.59. The van der Waals surface area contributed by atoms with E-state index in [9.17, 15) is 13.2 Å². The highest BCUT2D eigenvalue weighted by molar-refractivity contribution is 5.90. The molecule has 3 aromatic heterocycles. The van der Waals surface area contributed by atoms with Gasteiger partial charge in [-0.1, -0.05) is 12.1 Å². The van der Waals surface area contributed by atoms with Crippen molar-refractivity contribution < 1.29 is 17.6 Å². The number of rotatable bonds is 5. The maximum absolute atomic E-state index is 14.5. The Bertz CT molecular complexity index is 1430. The van der Waals surface area contributed by atoms with Crippen LogP contribution in [0.3, 0.4) is 0 Å². The van der Waals surface area contributed by atoms with E-state index in [0.717, 1.165) is 0 Å². The Labute approximate surface area is 176 Å². The number of nitrogens with two attached hydrogens (primary N) is 1. The average molecular weight is 439 g/mol. The lowest BCUT2D eigenvalue weighted by molar-refractivity contribution is 0.116. The fraction of sp³-hybridized carbons (Fsp3) is 0.105. The SMILES string of the molecule is Nc1ncnc2cc(-c3nnn(Cc4ccc(-c5nnc(C(F)F)o5)c(F)c4)n3)ccc12. The first-order valence-corrected chi connectivity index (χ1v) is 9.16. The largest absolute Gasteiger partial charge is 0.415 e. The topological polar surface area (TPSA) is 134 Å². The van der Waals surface area contributed by atoms with Crippen molar-refractivity contribution in [3.63, 3.8) is 0 Å². The van der Waals surface area contributed by atoms with Crippen LogP contribution in [0.1, 0.15) is 17.9 Å². The predicted octanol–water partition coefficient (Wildman–Crippen LogP) is 3.04. The first kappa shape index (κ1) is 19.5. The molecule has 2 N–H and O–H groups in total. The maximum atomic E-state index is 14.5. The van der Waals surface area contributed by atoms with Crippen LogP contribution < -0.4 is 5.73 Å². The number of hydrogen-bond acceptors (Lipinski definition) is 9. The molecule has 3 heterocycles. The van der Waals surface area contributed by atoms with E-state index in [-0.39, 0.29) is 18.0 Å². The molecule has 0 saturated carbocycles. The highest BCUT2D eigenvalue weighted by Gasteiger charge is 2.19. The zero-order valence-electron chi connectivity index (χ0n) is 16.0. The molecule has 0 aliphatic rings. The van der Waals surface area contributed by atoms with Crippen LogP contribution in [0, 0.1) is 5.82 Å². The van der Waals surface area contributed by atoms with Gasteiger partial charge in [0.25, 0.3) is 11.8 Å². The molecule has 13 heteroatoms. The van der Waals surface area contributed by atoms with Gasteiger partial charge in [0.15, 0.2) is 0 Å². The minimum Gasteiger partial charge on any atom is -0.415 e. The molecular formula is C19H12F3N9O. The summed E-state index contributed by atoms with van der Waals surface area (Å²) in [6.07, 6.45) is -1.56. The molecule has 160 valence electrons. The van der Waals surface area contributed by atoms with Crippen molar-refractivity contribution in [1.29, 1.82) is 0 Å². The molecule has 0 radical (unpaired) electrons. The fourth-order valence-corrected chi connectivity index (χ4v) is 3.07. The Hall–Kier alpha value is -4.42. The second-order valence-electron chi connectivity index (χ2n) is 6.69. The molecule has 0 atom stereocenters. The van der Waals surface area contributed by atoms with Gasteiger partial charge in [-0.3, -0.25) is 0 Å². The summed E-state index contributed by atoms with van der Waals surface area (Å²) in [5, 5.41) is 19.7. The summed E-state index contributed by atoms with van der Waals surface area (Å²) in [5.74, 6) is -1.18. The van der Waals surface area contributed by atoms with Crippen LogP contribution in [0.4, 0.5) is 19.0 Å². The van der Waals surface area contributed by atoms with Crippen LogP contribution in [0.2, 0.25) is 0 Å². The van der Waals surface area contributed by atoms with Gasteiger partial charge < -0.3 is 10.2 Å². The van der Waals surface area contributed by atoms with Gasteiger partial charge in [-0.2, -0.15) is 13.6 Å². The van der Waals surface area contributed by atoms with Gasteiger partial charge in [0.1, 0.15) is 18.0 Å². The Kier molecular flexibility index (Phi) is 4.69. The van der Waals surface area contributed by atoms with Gasteiger partial charge in [-0.15, -0.1) is 20.4 Å². The molecule has 0 unspecified atom stereocenters. The standard InChI is InChI=1S/C19H12F3N9O/c20-13-5-9(1-3-11(13)18-27-28-19(32-18)15(21)22)7-31-29-17(26-30-31)10-2-4-12-14(6-10)24-8-25-16(12)23/h1-6,8,15H,7H2,(H2,23,24,25). The van der Waals surface area contributed by atoms with Crippen LogP contribution >= 0.6 is 0 Å². The fourth-order valence-electron chi connectivity index (χ4n) is 3.07. The quantitative estimate of drug-likeness (QED) is 0.438. The number of alkyl halides is 2. The number of tetrazole rings is 1. The van der Waals surface area contributed by atoms with Crippen molar-refractivity contribution in [2.45, 2.75) is 13.0 Å². The number of fused-ring (bicyclic) bond motifs is 1. The lowest BCUT2D eigenvalue weighted by Gasteiger charge is -2.03. The molecule has 0 aliphatic carbocycles. The normalized spacial score (nSPS) is 11.5. The van der Waals surface area contributed by atoms with E-state index in [2.05, 4.69) is 35.6 Å². The number of aromatic nitrogens is 8. The Morgan fingerprint density at radius 3 is 2.69 bits per heavy atom. The Balaban J connectivity index is 1.37. The first-order chi connectivity index (χ1) is 15.5. The van der Waals surface area contributed by atoms with Crippen molar-refractivity contribution in [3.8, 4) is 22.8 Å². The smallest absolute Gasteiger partial charge is 0.314 e. The van der Waals surface area contributed by atoms with Crippen molar-refractivity contribution in [3.05, 3.63) is 60.0 Å². The lowest BCUT2D eigenvalue weighted by Crippen LogP contribution is -2.04. The third kappa shape index (κ3) is 3.59. The van der Waals surface area contributed by atoms with Gasteiger partial charge in [0, 0.05) is 10.9 Å². The zero-order chi connectivity index (χ0) is 22.2. The summed E-state index contributed by atoms with van der Waals surface area (Å²) >= 11 is 0. The second kappa shape index (κ2) is 7.68. The maximum Gasteiger partial charge on any atom is 0.314 e. The minimum atomic E-state index is -2.93. The summed E-state index contributed by atoms with van der Waals surface area (Å²) < 4.78 is 44.5. The second-order valence-corrected chi connectivity index (χ2v) is 6.69. The van der Waals surface area contributed by atoms with Crippen molar-refractivity contribution in [1.82, 2.24) is 40.4 Å². The van der Waals surface area contributed by atoms with Gasteiger partial charge in [0.2, 0.25) is 5.82 Å². The number of nitrogen functional groups attached to an aromatic ring is 1. The van der Waals surface area contributed by atoms with Crippen LogP contribution in [-0.2, 0) is 6.54 Å². The molecule has 32 heavy (non-hydrogen) atoms. The number of anilines is 1. The van der Waals surface area contributed by atoms with Crippen LogP contribution in [0.5, 0.6) is 0 Å². The van der Waals surface area contributed by atoms with Crippen LogP contribution in [-0.4, -0.2) is 40.4 Å². The van der Waals surface area contributed by atoms with E-state index in [4.69, 9.17) is 10.2 Å². The molecule has 0 amide bonds. The summed E-state index contributed by atoms with van der Waals surface area (Å²) in [6.45, 7) is 0.124. The summed E-state index contributed by atoms with van der Waals surface area (Å²) in [4.78, 5) is 9.42. The molecule has 0 aliphatic heterocycles. The molecule has 5 rings (SSSR count). The number of hydrogen-bond donors (Lipinski definition) is 1. The van der Waals surface area contributed by atoms with Gasteiger partial charge >= 0.3 is 6.43 Å². The van der Waals surface area contributed by atoms with Gasteiger partial charge in [0.05, 0.1) is 17.6 Å². The van der Waals surface area contributed by atoms with Gasteiger partial charge in [-0.25, -0.2) is 14.4 Å². The molecular weight excluding hydrogens is 427 g/mol. The minimum absolute atomic E-state index is 0.0854. The number of halogens is 3. The van der Waals surface area contributed by atoms with E-state index in [1.54, 1.807) is 24.3 Å².